The van der Waals surface area contributed by atoms with Crippen molar-refractivity contribution >= 4 is 5.91 Å². The molecule has 1 atom stereocenters. The van der Waals surface area contributed by atoms with Crippen LogP contribution in [0.3, 0.4) is 0 Å². The summed E-state index contributed by atoms with van der Waals surface area (Å²) in [5.41, 5.74) is 2.43. The monoisotopic (exact) mass is 466 g/mol. The third-order valence-electron chi connectivity index (χ3n) is 5.65. The van der Waals surface area contributed by atoms with Gasteiger partial charge in [-0.25, -0.2) is 4.98 Å². The lowest BCUT2D eigenvalue weighted by atomic mass is 10.1. The summed E-state index contributed by atoms with van der Waals surface area (Å²) >= 11 is 0. The molecule has 182 valence electrons. The summed E-state index contributed by atoms with van der Waals surface area (Å²) in [5, 5.41) is 2.87. The first-order valence-electron chi connectivity index (χ1n) is 11.3. The van der Waals surface area contributed by atoms with Crippen LogP contribution in [0.5, 0.6) is 11.5 Å². The smallest absolute Gasteiger partial charge is 0.273 e. The van der Waals surface area contributed by atoms with Crippen molar-refractivity contribution in [1.82, 2.24) is 20.1 Å². The first-order valence-corrected chi connectivity index (χ1v) is 11.3. The van der Waals surface area contributed by atoms with Crippen LogP contribution in [0.2, 0.25) is 0 Å². The fourth-order valence-electron chi connectivity index (χ4n) is 3.71. The topological polar surface area (TPSA) is 80.1 Å². The number of aromatic nitrogens is 1. The standard InChI is InChI=1S/C26H34N4O4/c1-19(20-10-7-6-8-11-20)30(16-21-12-9-13-23(32-4)25(21)33-5)17-24-28-22(18-34-24)26(31)27-14-15-29(2)3/h6-13,18-19H,14-17H2,1-5H3,(H,27,31). The molecule has 34 heavy (non-hydrogen) atoms. The average Bonchev–Trinajstić information content (AvgIpc) is 3.32. The van der Waals surface area contributed by atoms with Crippen LogP contribution in [0.25, 0.3) is 0 Å². The van der Waals surface area contributed by atoms with Crippen LogP contribution < -0.4 is 14.8 Å². The van der Waals surface area contributed by atoms with Crippen LogP contribution in [0, 0.1) is 0 Å². The molecule has 1 unspecified atom stereocenters. The maximum Gasteiger partial charge on any atom is 0.273 e. The maximum atomic E-state index is 12.4. The van der Waals surface area contributed by atoms with Gasteiger partial charge in [-0.15, -0.1) is 0 Å². The summed E-state index contributed by atoms with van der Waals surface area (Å²) in [4.78, 5) is 21.1. The van der Waals surface area contributed by atoms with E-state index in [1.54, 1.807) is 14.2 Å². The quantitative estimate of drug-likeness (QED) is 0.435. The highest BCUT2D eigenvalue weighted by Gasteiger charge is 2.22. The van der Waals surface area contributed by atoms with E-state index in [9.17, 15) is 4.79 Å². The van der Waals surface area contributed by atoms with Gasteiger partial charge in [0.1, 0.15) is 6.26 Å². The summed E-state index contributed by atoms with van der Waals surface area (Å²) in [6.07, 6.45) is 1.41. The van der Waals surface area contributed by atoms with Crippen molar-refractivity contribution in [3.8, 4) is 11.5 Å². The Morgan fingerprint density at radius 3 is 2.50 bits per heavy atom. The first-order chi connectivity index (χ1) is 16.4. The summed E-state index contributed by atoms with van der Waals surface area (Å²) in [7, 11) is 7.19. The lowest BCUT2D eigenvalue weighted by molar-refractivity contribution is 0.0946. The second-order valence-corrected chi connectivity index (χ2v) is 8.33. The van der Waals surface area contributed by atoms with Gasteiger partial charge in [-0.2, -0.15) is 0 Å². The SMILES string of the molecule is COc1cccc(CN(Cc2nc(C(=O)NCCN(C)C)co2)C(C)c2ccccc2)c1OC. The molecule has 1 amide bonds. The molecule has 0 aliphatic rings. The Bertz CT molecular complexity index is 1050. The average molecular weight is 467 g/mol. The van der Waals surface area contributed by atoms with Crippen LogP contribution in [0.4, 0.5) is 0 Å². The van der Waals surface area contributed by atoms with Crippen molar-refractivity contribution in [2.45, 2.75) is 26.1 Å². The summed E-state index contributed by atoms with van der Waals surface area (Å²) in [5.74, 6) is 1.61. The fraction of sp³-hybridized carbons (Fsp3) is 0.385. The van der Waals surface area contributed by atoms with Gasteiger partial charge in [0.2, 0.25) is 5.89 Å². The van der Waals surface area contributed by atoms with Crippen molar-refractivity contribution < 1.29 is 18.7 Å². The molecule has 8 heteroatoms. The van der Waals surface area contributed by atoms with Gasteiger partial charge >= 0.3 is 0 Å². The molecule has 1 heterocycles. The number of oxazole rings is 1. The number of benzene rings is 2. The molecule has 1 N–H and O–H groups in total. The third kappa shape index (κ3) is 6.59. The molecule has 0 aliphatic carbocycles. The summed E-state index contributed by atoms with van der Waals surface area (Å²) in [6.45, 7) is 4.42. The number of hydrogen-bond donors (Lipinski definition) is 1. The molecule has 0 spiro atoms. The number of nitrogens with one attached hydrogen (secondary N) is 1. The number of rotatable bonds is 12. The molecule has 0 saturated heterocycles. The summed E-state index contributed by atoms with van der Waals surface area (Å²) < 4.78 is 16.8. The Kier molecular flexibility index (Phi) is 9.07. The number of nitrogens with zero attached hydrogens (tertiary/aromatic N) is 3. The number of carbonyl (C=O) groups is 1. The molecule has 0 saturated carbocycles. The van der Waals surface area contributed by atoms with Crippen LogP contribution in [0.15, 0.2) is 59.2 Å². The number of ether oxygens (including phenoxy) is 2. The first kappa shape index (κ1) is 25.3. The number of likely N-dealkylation sites (N-methyl/N-ethyl adjacent to an activating group) is 1. The second kappa shape index (κ2) is 12.2. The Balaban J connectivity index is 1.82. The van der Waals surface area contributed by atoms with E-state index >= 15 is 0 Å². The van der Waals surface area contributed by atoms with Crippen molar-refractivity contribution in [2.24, 2.45) is 0 Å². The molecular formula is C26H34N4O4. The molecule has 1 aromatic heterocycles. The summed E-state index contributed by atoms with van der Waals surface area (Å²) in [6, 6.07) is 16.1. The number of hydrogen-bond acceptors (Lipinski definition) is 7. The third-order valence-corrected chi connectivity index (χ3v) is 5.65. The van der Waals surface area contributed by atoms with Crippen molar-refractivity contribution in [3.63, 3.8) is 0 Å². The number of methoxy groups -OCH3 is 2. The van der Waals surface area contributed by atoms with Gasteiger partial charge in [0.05, 0.1) is 20.8 Å². The minimum atomic E-state index is -0.242. The zero-order valence-electron chi connectivity index (χ0n) is 20.6. The molecule has 0 aliphatic heterocycles. The van der Waals surface area contributed by atoms with Crippen LogP contribution in [-0.4, -0.2) is 62.1 Å². The Morgan fingerprint density at radius 1 is 1.06 bits per heavy atom. The molecule has 0 fully saturated rings. The predicted molar refractivity (Wildman–Crippen MR) is 131 cm³/mol. The van der Waals surface area contributed by atoms with E-state index in [4.69, 9.17) is 13.9 Å². The predicted octanol–water partition coefficient (Wildman–Crippen LogP) is 3.75. The number of para-hydroxylation sites is 1. The van der Waals surface area contributed by atoms with Gasteiger partial charge in [-0.3, -0.25) is 9.69 Å². The van der Waals surface area contributed by atoms with Crippen LogP contribution >= 0.6 is 0 Å². The highest BCUT2D eigenvalue weighted by Crippen LogP contribution is 2.34. The van der Waals surface area contributed by atoms with E-state index < -0.39 is 0 Å². The molecule has 2 aromatic carbocycles. The minimum absolute atomic E-state index is 0.0568. The lowest BCUT2D eigenvalue weighted by Crippen LogP contribution is -2.31. The highest BCUT2D eigenvalue weighted by molar-refractivity contribution is 5.91. The van der Waals surface area contributed by atoms with Crippen molar-refractivity contribution in [1.29, 1.82) is 0 Å². The Labute approximate surface area is 201 Å². The van der Waals surface area contributed by atoms with Crippen molar-refractivity contribution in [3.05, 3.63) is 77.5 Å². The second-order valence-electron chi connectivity index (χ2n) is 8.33. The van der Waals surface area contributed by atoms with E-state index in [1.165, 1.54) is 6.26 Å². The van der Waals surface area contributed by atoms with Crippen LogP contribution in [-0.2, 0) is 13.1 Å². The van der Waals surface area contributed by atoms with E-state index in [1.807, 2.05) is 55.4 Å². The Morgan fingerprint density at radius 2 is 1.82 bits per heavy atom. The fourth-order valence-corrected chi connectivity index (χ4v) is 3.71. The van der Waals surface area contributed by atoms with Gasteiger partial charge in [0.25, 0.3) is 5.91 Å². The van der Waals surface area contributed by atoms with Gasteiger partial charge in [0.15, 0.2) is 17.2 Å². The zero-order valence-corrected chi connectivity index (χ0v) is 20.6. The maximum absolute atomic E-state index is 12.4. The van der Waals surface area contributed by atoms with E-state index in [-0.39, 0.29) is 17.6 Å². The largest absolute Gasteiger partial charge is 0.493 e. The van der Waals surface area contributed by atoms with Gasteiger partial charge in [-0.05, 0) is 32.6 Å². The van der Waals surface area contributed by atoms with E-state index in [2.05, 4.69) is 34.3 Å². The number of amides is 1. The van der Waals surface area contributed by atoms with Gasteiger partial charge in [0, 0.05) is 31.2 Å². The molecule has 0 bridgehead atoms. The van der Waals surface area contributed by atoms with Gasteiger partial charge < -0.3 is 24.1 Å². The molecule has 3 rings (SSSR count). The normalized spacial score (nSPS) is 12.1. The van der Waals surface area contributed by atoms with E-state index in [0.717, 1.165) is 17.7 Å². The van der Waals surface area contributed by atoms with E-state index in [0.29, 0.717) is 37.0 Å². The molecular weight excluding hydrogens is 432 g/mol. The highest BCUT2D eigenvalue weighted by atomic mass is 16.5. The molecule has 0 radical (unpaired) electrons. The van der Waals surface area contributed by atoms with Gasteiger partial charge in [-0.1, -0.05) is 42.5 Å². The lowest BCUT2D eigenvalue weighted by Gasteiger charge is -2.29. The minimum Gasteiger partial charge on any atom is -0.493 e. The Hall–Kier alpha value is -3.36. The molecule has 8 nitrogen and oxygen atoms in total. The number of carbonyl (C=O) groups excluding carboxylic acids is 1. The molecule has 3 aromatic rings. The van der Waals surface area contributed by atoms with Crippen molar-refractivity contribution in [2.75, 3.05) is 41.4 Å². The zero-order chi connectivity index (χ0) is 24.5. The van der Waals surface area contributed by atoms with Crippen LogP contribution in [0.1, 0.15) is 40.5 Å².